The number of benzene rings is 2. The van der Waals surface area contributed by atoms with E-state index in [9.17, 15) is 9.59 Å². The first-order valence-electron chi connectivity index (χ1n) is 10.2. The number of piperidine rings is 2. The van der Waals surface area contributed by atoms with Crippen LogP contribution in [-0.2, 0) is 0 Å². The maximum absolute atomic E-state index is 13.0. The van der Waals surface area contributed by atoms with Gasteiger partial charge < -0.3 is 20.3 Å². The Balaban J connectivity index is 1.41. The molecule has 2 fully saturated rings. The molecule has 2 atom stereocenters. The van der Waals surface area contributed by atoms with Crippen molar-refractivity contribution < 1.29 is 14.3 Å². The minimum absolute atomic E-state index is 0.0389. The lowest BCUT2D eigenvalue weighted by atomic mass is 9.82. The third kappa shape index (κ3) is 4.36. The van der Waals surface area contributed by atoms with E-state index in [1.54, 1.807) is 7.11 Å². The van der Waals surface area contributed by atoms with Crippen molar-refractivity contribution in [2.45, 2.75) is 50.2 Å². The van der Waals surface area contributed by atoms with Crippen molar-refractivity contribution in [1.82, 2.24) is 10.2 Å². The van der Waals surface area contributed by atoms with Crippen molar-refractivity contribution >= 4 is 17.6 Å². The van der Waals surface area contributed by atoms with Gasteiger partial charge in [0.05, 0.1) is 7.11 Å². The van der Waals surface area contributed by atoms with E-state index in [1.165, 1.54) is 0 Å². The van der Waals surface area contributed by atoms with E-state index in [4.69, 9.17) is 4.74 Å². The Morgan fingerprint density at radius 3 is 2.41 bits per heavy atom. The number of urea groups is 1. The second-order valence-corrected chi connectivity index (χ2v) is 7.82. The number of ether oxygens (including phenoxy) is 1. The third-order valence-electron chi connectivity index (χ3n) is 5.90. The van der Waals surface area contributed by atoms with Crippen LogP contribution in [0.1, 0.15) is 42.5 Å². The van der Waals surface area contributed by atoms with E-state index in [2.05, 4.69) is 10.6 Å². The van der Waals surface area contributed by atoms with Crippen molar-refractivity contribution in [2.75, 3.05) is 12.4 Å². The molecule has 0 aromatic heterocycles. The second-order valence-electron chi connectivity index (χ2n) is 7.82. The Kier molecular flexibility index (Phi) is 5.69. The van der Waals surface area contributed by atoms with Crippen LogP contribution in [0.15, 0.2) is 54.6 Å². The minimum atomic E-state index is -0.0687. The SMILES string of the molecule is COc1cccc(NC(=O)N2C3CCCC2CC(NC(=O)c2ccccc2)C3)c1. The number of nitrogens with zero attached hydrogens (tertiary/aromatic N) is 1. The van der Waals surface area contributed by atoms with Crippen LogP contribution in [0.2, 0.25) is 0 Å². The Hall–Kier alpha value is -3.02. The van der Waals surface area contributed by atoms with Gasteiger partial charge >= 0.3 is 6.03 Å². The highest BCUT2D eigenvalue weighted by Crippen LogP contribution is 2.35. The summed E-state index contributed by atoms with van der Waals surface area (Å²) in [6.45, 7) is 0. The lowest BCUT2D eigenvalue weighted by Crippen LogP contribution is -2.59. The Labute approximate surface area is 171 Å². The molecule has 2 bridgehead atoms. The van der Waals surface area contributed by atoms with Crippen LogP contribution in [0.25, 0.3) is 0 Å². The first-order valence-corrected chi connectivity index (χ1v) is 10.2. The molecular formula is C23H27N3O3. The lowest BCUT2D eigenvalue weighted by Gasteiger charge is -2.48. The van der Waals surface area contributed by atoms with Gasteiger partial charge in [-0.3, -0.25) is 4.79 Å². The van der Waals surface area contributed by atoms with Gasteiger partial charge in [0.1, 0.15) is 5.75 Å². The standard InChI is InChI=1S/C23H27N3O3/c1-29-21-12-5-9-17(15-21)25-23(28)26-19-10-6-11-20(26)14-18(13-19)24-22(27)16-7-3-2-4-8-16/h2-5,7-9,12,15,18-20H,6,10-11,13-14H2,1H3,(H,24,27)(H,25,28). The molecule has 2 aliphatic rings. The van der Waals surface area contributed by atoms with Crippen molar-refractivity contribution in [3.8, 4) is 5.75 Å². The van der Waals surface area contributed by atoms with Gasteiger partial charge in [0.2, 0.25) is 0 Å². The summed E-state index contributed by atoms with van der Waals surface area (Å²) >= 11 is 0. The van der Waals surface area contributed by atoms with Crippen molar-refractivity contribution in [1.29, 1.82) is 0 Å². The number of carbonyl (C=O) groups excluding carboxylic acids is 2. The molecule has 2 N–H and O–H groups in total. The molecule has 2 saturated heterocycles. The summed E-state index contributed by atoms with van der Waals surface area (Å²) in [5.74, 6) is 0.674. The highest BCUT2D eigenvalue weighted by molar-refractivity contribution is 5.94. The Morgan fingerprint density at radius 2 is 1.72 bits per heavy atom. The molecule has 2 heterocycles. The quantitative estimate of drug-likeness (QED) is 0.823. The fraction of sp³-hybridized carbons (Fsp3) is 0.391. The van der Waals surface area contributed by atoms with Crippen LogP contribution in [0.3, 0.4) is 0 Å². The van der Waals surface area contributed by atoms with Crippen molar-refractivity contribution in [2.24, 2.45) is 0 Å². The first kappa shape index (κ1) is 19.3. The molecule has 3 amide bonds. The van der Waals surface area contributed by atoms with Crippen molar-refractivity contribution in [3.05, 3.63) is 60.2 Å². The predicted octanol–water partition coefficient (Wildman–Crippen LogP) is 4.04. The van der Waals surface area contributed by atoms with Gasteiger partial charge in [0, 0.05) is 35.4 Å². The van der Waals surface area contributed by atoms with E-state index >= 15 is 0 Å². The molecule has 6 nitrogen and oxygen atoms in total. The minimum Gasteiger partial charge on any atom is -0.497 e. The largest absolute Gasteiger partial charge is 0.497 e. The van der Waals surface area contributed by atoms with Gasteiger partial charge in [-0.05, 0) is 56.4 Å². The van der Waals surface area contributed by atoms with Crippen LogP contribution >= 0.6 is 0 Å². The highest BCUT2D eigenvalue weighted by Gasteiger charge is 2.41. The Morgan fingerprint density at radius 1 is 1.00 bits per heavy atom. The summed E-state index contributed by atoms with van der Waals surface area (Å²) in [5.41, 5.74) is 1.41. The van der Waals surface area contributed by atoms with Gasteiger partial charge in [0.15, 0.2) is 0 Å². The monoisotopic (exact) mass is 393 g/mol. The van der Waals surface area contributed by atoms with Crippen LogP contribution in [0.5, 0.6) is 5.75 Å². The fourth-order valence-electron chi connectivity index (χ4n) is 4.58. The molecule has 0 spiro atoms. The van der Waals surface area contributed by atoms with Crippen LogP contribution in [0, 0.1) is 0 Å². The average Bonchev–Trinajstić information content (AvgIpc) is 2.73. The topological polar surface area (TPSA) is 70.7 Å². The smallest absolute Gasteiger partial charge is 0.322 e. The molecule has 2 aliphatic heterocycles. The van der Waals surface area contributed by atoms with Gasteiger partial charge in [0.25, 0.3) is 5.91 Å². The van der Waals surface area contributed by atoms with Crippen LogP contribution < -0.4 is 15.4 Å². The number of hydrogen-bond acceptors (Lipinski definition) is 3. The van der Waals surface area contributed by atoms with Gasteiger partial charge in [-0.2, -0.15) is 0 Å². The molecule has 152 valence electrons. The van der Waals surface area contributed by atoms with E-state index in [0.717, 1.165) is 37.8 Å². The average molecular weight is 393 g/mol. The zero-order valence-electron chi connectivity index (χ0n) is 16.6. The molecule has 2 aromatic rings. The summed E-state index contributed by atoms with van der Waals surface area (Å²) in [7, 11) is 1.61. The second kappa shape index (κ2) is 8.55. The van der Waals surface area contributed by atoms with E-state index in [-0.39, 0.29) is 30.1 Å². The molecule has 29 heavy (non-hydrogen) atoms. The predicted molar refractivity (Wildman–Crippen MR) is 112 cm³/mol. The number of fused-ring (bicyclic) bond motifs is 2. The maximum atomic E-state index is 13.0. The van der Waals surface area contributed by atoms with E-state index in [1.807, 2.05) is 59.5 Å². The van der Waals surface area contributed by atoms with E-state index < -0.39 is 0 Å². The number of methoxy groups -OCH3 is 1. The number of anilines is 1. The third-order valence-corrected chi connectivity index (χ3v) is 5.90. The normalized spacial score (nSPS) is 23.2. The van der Waals surface area contributed by atoms with Crippen molar-refractivity contribution in [3.63, 3.8) is 0 Å². The summed E-state index contributed by atoms with van der Waals surface area (Å²) < 4.78 is 5.24. The molecule has 2 aromatic carbocycles. The molecule has 0 saturated carbocycles. The first-order chi connectivity index (χ1) is 14.1. The number of carbonyl (C=O) groups is 2. The molecular weight excluding hydrogens is 366 g/mol. The zero-order valence-corrected chi connectivity index (χ0v) is 16.6. The molecule has 6 heteroatoms. The zero-order chi connectivity index (χ0) is 20.2. The number of hydrogen-bond donors (Lipinski definition) is 2. The van der Waals surface area contributed by atoms with E-state index in [0.29, 0.717) is 11.3 Å². The number of amides is 3. The van der Waals surface area contributed by atoms with Gasteiger partial charge in [-0.1, -0.05) is 24.3 Å². The summed E-state index contributed by atoms with van der Waals surface area (Å²) in [6, 6.07) is 17.0. The molecule has 0 aliphatic carbocycles. The fourth-order valence-corrected chi connectivity index (χ4v) is 4.58. The summed E-state index contributed by atoms with van der Waals surface area (Å²) in [6.07, 6.45) is 4.65. The summed E-state index contributed by atoms with van der Waals surface area (Å²) in [5, 5.41) is 6.19. The molecule has 0 radical (unpaired) electrons. The van der Waals surface area contributed by atoms with Crippen LogP contribution in [0.4, 0.5) is 10.5 Å². The van der Waals surface area contributed by atoms with Gasteiger partial charge in [-0.15, -0.1) is 0 Å². The van der Waals surface area contributed by atoms with Gasteiger partial charge in [-0.25, -0.2) is 4.79 Å². The Bertz CT molecular complexity index is 857. The number of nitrogens with one attached hydrogen (secondary N) is 2. The number of rotatable bonds is 4. The van der Waals surface area contributed by atoms with Crippen LogP contribution in [-0.4, -0.2) is 42.1 Å². The highest BCUT2D eigenvalue weighted by atomic mass is 16.5. The molecule has 4 rings (SSSR count). The lowest BCUT2D eigenvalue weighted by molar-refractivity contribution is 0.0577. The summed E-state index contributed by atoms with van der Waals surface area (Å²) in [4.78, 5) is 27.5. The maximum Gasteiger partial charge on any atom is 0.322 e. The molecule has 2 unspecified atom stereocenters.